The summed E-state index contributed by atoms with van der Waals surface area (Å²) < 4.78 is 11.0. The molecule has 0 bridgehead atoms. The van der Waals surface area contributed by atoms with E-state index in [1.165, 1.54) is 0 Å². The number of aliphatic hydroxyl groups excluding tert-OH is 1. The second-order valence-corrected chi connectivity index (χ2v) is 6.13. The molecule has 0 spiro atoms. The van der Waals surface area contributed by atoms with Gasteiger partial charge in [0.05, 0.1) is 25.9 Å². The third-order valence-electron chi connectivity index (χ3n) is 3.99. The Morgan fingerprint density at radius 3 is 2.71 bits per heavy atom. The maximum Gasteiger partial charge on any atom is 0.247 e. The number of benzene rings is 1. The van der Waals surface area contributed by atoms with E-state index < -0.39 is 6.10 Å². The van der Waals surface area contributed by atoms with E-state index in [4.69, 9.17) is 9.15 Å². The summed E-state index contributed by atoms with van der Waals surface area (Å²) in [6.45, 7) is 4.97. The molecular weight excluding hydrogens is 308 g/mol. The summed E-state index contributed by atoms with van der Waals surface area (Å²) in [6, 6.07) is 9.70. The van der Waals surface area contributed by atoms with Gasteiger partial charge in [0.25, 0.3) is 0 Å². The van der Waals surface area contributed by atoms with Crippen LogP contribution < -0.4 is 0 Å². The van der Waals surface area contributed by atoms with Crippen molar-refractivity contribution in [3.05, 3.63) is 36.2 Å². The van der Waals surface area contributed by atoms with Crippen molar-refractivity contribution < 1.29 is 14.3 Å². The summed E-state index contributed by atoms with van der Waals surface area (Å²) in [5.41, 5.74) is 0.909. The molecular formula is C17H24N4O3. The molecule has 1 aromatic carbocycles. The number of hydrogen-bond acceptors (Lipinski definition) is 7. The fourth-order valence-corrected chi connectivity index (χ4v) is 2.81. The van der Waals surface area contributed by atoms with Crippen molar-refractivity contribution in [2.75, 3.05) is 46.4 Å². The lowest BCUT2D eigenvalue weighted by Gasteiger charge is -2.29. The number of hydrogen-bond donors (Lipinski definition) is 1. The third kappa shape index (κ3) is 4.85. The van der Waals surface area contributed by atoms with E-state index >= 15 is 0 Å². The first-order valence-corrected chi connectivity index (χ1v) is 8.25. The van der Waals surface area contributed by atoms with Crippen molar-refractivity contribution in [1.29, 1.82) is 0 Å². The van der Waals surface area contributed by atoms with Gasteiger partial charge in [0.2, 0.25) is 11.8 Å². The number of aliphatic hydroxyl groups is 1. The van der Waals surface area contributed by atoms with Crippen LogP contribution in [0.25, 0.3) is 11.5 Å². The Kier molecular flexibility index (Phi) is 5.92. The lowest BCUT2D eigenvalue weighted by atomic mass is 10.2. The molecule has 0 saturated carbocycles. The van der Waals surface area contributed by atoms with Crippen molar-refractivity contribution in [1.82, 2.24) is 20.0 Å². The fourth-order valence-electron chi connectivity index (χ4n) is 2.81. The van der Waals surface area contributed by atoms with Crippen LogP contribution >= 0.6 is 0 Å². The van der Waals surface area contributed by atoms with E-state index in [2.05, 4.69) is 15.1 Å². The predicted molar refractivity (Wildman–Crippen MR) is 89.3 cm³/mol. The van der Waals surface area contributed by atoms with Gasteiger partial charge < -0.3 is 14.3 Å². The maximum atomic E-state index is 10.2. The van der Waals surface area contributed by atoms with Crippen molar-refractivity contribution in [3.8, 4) is 11.5 Å². The zero-order valence-electron chi connectivity index (χ0n) is 14.0. The lowest BCUT2D eigenvalue weighted by molar-refractivity contribution is 0.00783. The van der Waals surface area contributed by atoms with Gasteiger partial charge in [0.1, 0.15) is 0 Å². The topological polar surface area (TPSA) is 74.9 Å². The summed E-state index contributed by atoms with van der Waals surface area (Å²) in [6.07, 6.45) is -0.412. The average Bonchev–Trinajstić information content (AvgIpc) is 3.04. The molecule has 1 aromatic heterocycles. The molecule has 0 amide bonds. The Morgan fingerprint density at radius 2 is 1.96 bits per heavy atom. The minimum atomic E-state index is -0.412. The maximum absolute atomic E-state index is 10.2. The normalized spacial score (nSPS) is 17.3. The first-order chi connectivity index (χ1) is 11.7. The van der Waals surface area contributed by atoms with Crippen LogP contribution in [0, 0.1) is 0 Å². The Labute approximate surface area is 141 Å². The molecule has 7 heteroatoms. The molecule has 1 unspecified atom stereocenters. The average molecular weight is 332 g/mol. The van der Waals surface area contributed by atoms with Gasteiger partial charge in [-0.25, -0.2) is 0 Å². The highest BCUT2D eigenvalue weighted by Crippen LogP contribution is 2.17. The van der Waals surface area contributed by atoms with E-state index in [0.29, 0.717) is 31.4 Å². The van der Waals surface area contributed by atoms with Gasteiger partial charge in [0.15, 0.2) is 0 Å². The van der Waals surface area contributed by atoms with Crippen LogP contribution in [0.5, 0.6) is 0 Å². The number of aromatic nitrogens is 2. The van der Waals surface area contributed by atoms with Crippen LogP contribution in [-0.2, 0) is 11.3 Å². The largest absolute Gasteiger partial charge is 0.419 e. The summed E-state index contributed by atoms with van der Waals surface area (Å²) in [7, 11) is 1.94. The van der Waals surface area contributed by atoms with E-state index in [0.717, 1.165) is 31.9 Å². The first-order valence-electron chi connectivity index (χ1n) is 8.25. The Balaban J connectivity index is 1.48. The number of morpholine rings is 1. The Hall–Kier alpha value is -1.80. The third-order valence-corrected chi connectivity index (χ3v) is 3.99. The van der Waals surface area contributed by atoms with Crippen LogP contribution in [0.3, 0.4) is 0 Å². The standard InChI is InChI=1S/C17H24N4O3/c1-20(11-15(22)12-21-7-9-23-10-8-21)13-16-18-19-17(24-16)14-5-3-2-4-6-14/h2-6,15,22H,7-13H2,1H3. The molecule has 1 N–H and O–H groups in total. The molecule has 0 radical (unpaired) electrons. The lowest BCUT2D eigenvalue weighted by Crippen LogP contribution is -2.43. The van der Waals surface area contributed by atoms with Crippen LogP contribution in [0.1, 0.15) is 5.89 Å². The molecule has 2 heterocycles. The van der Waals surface area contributed by atoms with Gasteiger partial charge in [-0.1, -0.05) is 18.2 Å². The number of likely N-dealkylation sites (N-methyl/N-ethyl adjacent to an activating group) is 1. The van der Waals surface area contributed by atoms with Gasteiger partial charge in [-0.15, -0.1) is 10.2 Å². The molecule has 130 valence electrons. The summed E-state index contributed by atoms with van der Waals surface area (Å²) in [5, 5.41) is 18.4. The highest BCUT2D eigenvalue weighted by Gasteiger charge is 2.17. The van der Waals surface area contributed by atoms with Crippen LogP contribution in [0.4, 0.5) is 0 Å². The molecule has 7 nitrogen and oxygen atoms in total. The molecule has 1 fully saturated rings. The number of ether oxygens (including phenoxy) is 1. The van der Waals surface area contributed by atoms with E-state index in [-0.39, 0.29) is 0 Å². The van der Waals surface area contributed by atoms with Crippen molar-refractivity contribution in [2.45, 2.75) is 12.6 Å². The fraction of sp³-hybridized carbons (Fsp3) is 0.529. The molecule has 0 aliphatic carbocycles. The van der Waals surface area contributed by atoms with Gasteiger partial charge >= 0.3 is 0 Å². The zero-order valence-corrected chi connectivity index (χ0v) is 14.0. The number of β-amino-alcohol motifs (C(OH)–C–C–N with tert-alkyl or cyclic N) is 1. The molecule has 1 aliphatic heterocycles. The van der Waals surface area contributed by atoms with Crippen molar-refractivity contribution in [2.24, 2.45) is 0 Å². The first kappa shape index (κ1) is 17.0. The SMILES string of the molecule is CN(Cc1nnc(-c2ccccc2)o1)CC(O)CN1CCOCC1. The zero-order chi connectivity index (χ0) is 16.8. The van der Waals surface area contributed by atoms with Gasteiger partial charge in [0, 0.05) is 31.7 Å². The Bertz CT molecular complexity index is 613. The van der Waals surface area contributed by atoms with Crippen molar-refractivity contribution >= 4 is 0 Å². The molecule has 2 aromatic rings. The summed E-state index contributed by atoms with van der Waals surface area (Å²) in [4.78, 5) is 4.22. The second-order valence-electron chi connectivity index (χ2n) is 6.13. The minimum Gasteiger partial charge on any atom is -0.419 e. The highest BCUT2D eigenvalue weighted by atomic mass is 16.5. The summed E-state index contributed by atoms with van der Waals surface area (Å²) >= 11 is 0. The van der Waals surface area contributed by atoms with Crippen LogP contribution in [-0.4, -0.2) is 77.6 Å². The molecule has 1 saturated heterocycles. The van der Waals surface area contributed by atoms with Crippen LogP contribution in [0.15, 0.2) is 34.7 Å². The molecule has 24 heavy (non-hydrogen) atoms. The van der Waals surface area contributed by atoms with Crippen molar-refractivity contribution in [3.63, 3.8) is 0 Å². The minimum absolute atomic E-state index is 0.412. The monoisotopic (exact) mass is 332 g/mol. The van der Waals surface area contributed by atoms with Crippen LogP contribution in [0.2, 0.25) is 0 Å². The number of rotatable bonds is 7. The highest BCUT2D eigenvalue weighted by molar-refractivity contribution is 5.51. The van der Waals surface area contributed by atoms with E-state index in [9.17, 15) is 5.11 Å². The molecule has 1 atom stereocenters. The molecule has 3 rings (SSSR count). The van der Waals surface area contributed by atoms with Gasteiger partial charge in [-0.2, -0.15) is 0 Å². The second kappa shape index (κ2) is 8.34. The van der Waals surface area contributed by atoms with Gasteiger partial charge in [-0.05, 0) is 19.2 Å². The number of nitrogens with zero attached hydrogens (tertiary/aromatic N) is 4. The van der Waals surface area contributed by atoms with E-state index in [1.807, 2.05) is 42.3 Å². The van der Waals surface area contributed by atoms with Gasteiger partial charge in [-0.3, -0.25) is 9.80 Å². The Morgan fingerprint density at radius 1 is 1.21 bits per heavy atom. The quantitative estimate of drug-likeness (QED) is 0.806. The smallest absolute Gasteiger partial charge is 0.247 e. The van der Waals surface area contributed by atoms with E-state index in [1.54, 1.807) is 0 Å². The molecule has 1 aliphatic rings. The summed E-state index contributed by atoms with van der Waals surface area (Å²) in [5.74, 6) is 1.07. The predicted octanol–water partition coefficient (Wildman–Crippen LogP) is 0.861.